The van der Waals surface area contributed by atoms with Crippen molar-refractivity contribution < 1.29 is 4.79 Å². The van der Waals surface area contributed by atoms with Crippen molar-refractivity contribution in [1.29, 1.82) is 0 Å². The summed E-state index contributed by atoms with van der Waals surface area (Å²) in [7, 11) is 0. The Morgan fingerprint density at radius 1 is 0.923 bits per heavy atom. The molecule has 0 spiro atoms. The quantitative estimate of drug-likeness (QED) is 0.616. The third-order valence-corrected chi connectivity index (χ3v) is 3.89. The molecule has 0 aliphatic rings. The molecule has 3 heterocycles. The van der Waals surface area contributed by atoms with E-state index < -0.39 is 0 Å². The average molecular weight is 341 g/mol. The highest BCUT2D eigenvalue weighted by Crippen LogP contribution is 2.19. The number of pyridine rings is 2. The van der Waals surface area contributed by atoms with E-state index in [0.717, 1.165) is 11.1 Å². The number of rotatable bonds is 4. The van der Waals surface area contributed by atoms with Crippen LogP contribution in [0.1, 0.15) is 10.4 Å². The fraction of sp³-hybridized carbons (Fsp3) is 0. The molecule has 0 aliphatic carbocycles. The van der Waals surface area contributed by atoms with E-state index in [-0.39, 0.29) is 5.91 Å². The van der Waals surface area contributed by atoms with Crippen LogP contribution in [0.4, 0.5) is 5.82 Å². The van der Waals surface area contributed by atoms with Crippen molar-refractivity contribution in [1.82, 2.24) is 19.5 Å². The van der Waals surface area contributed by atoms with Gasteiger partial charge in [0.1, 0.15) is 18.0 Å². The van der Waals surface area contributed by atoms with Crippen molar-refractivity contribution in [2.45, 2.75) is 0 Å². The number of imidazole rings is 1. The van der Waals surface area contributed by atoms with Crippen molar-refractivity contribution in [3.8, 4) is 16.9 Å². The summed E-state index contributed by atoms with van der Waals surface area (Å²) in [6.45, 7) is 0. The zero-order valence-corrected chi connectivity index (χ0v) is 13.8. The fourth-order valence-electron chi connectivity index (χ4n) is 2.55. The summed E-state index contributed by atoms with van der Waals surface area (Å²) in [5, 5.41) is 2.81. The first-order valence-corrected chi connectivity index (χ1v) is 8.07. The van der Waals surface area contributed by atoms with Crippen LogP contribution in [0.2, 0.25) is 0 Å². The van der Waals surface area contributed by atoms with Crippen LogP contribution in [0.15, 0.2) is 85.7 Å². The van der Waals surface area contributed by atoms with E-state index in [1.54, 1.807) is 53.9 Å². The molecule has 4 rings (SSSR count). The number of hydrogen-bond acceptors (Lipinski definition) is 4. The first-order chi connectivity index (χ1) is 12.8. The molecule has 26 heavy (non-hydrogen) atoms. The van der Waals surface area contributed by atoms with Gasteiger partial charge in [-0.2, -0.15) is 0 Å². The molecule has 0 aliphatic heterocycles. The third kappa shape index (κ3) is 3.34. The minimum Gasteiger partial charge on any atom is -0.307 e. The molecule has 1 N–H and O–H groups in total. The minimum atomic E-state index is -0.242. The summed E-state index contributed by atoms with van der Waals surface area (Å²) in [6, 6.07) is 17.0. The van der Waals surface area contributed by atoms with Crippen molar-refractivity contribution in [3.63, 3.8) is 0 Å². The number of nitrogens with zero attached hydrogens (tertiary/aromatic N) is 4. The molecule has 0 fully saturated rings. The number of amides is 1. The molecular formula is C20H15N5O. The smallest absolute Gasteiger partial charge is 0.257 e. The summed E-state index contributed by atoms with van der Waals surface area (Å²) in [5.74, 6) is 0.881. The normalized spacial score (nSPS) is 10.5. The molecule has 0 radical (unpaired) electrons. The second kappa shape index (κ2) is 6.98. The number of carbonyl (C=O) groups excluding carboxylic acids is 1. The lowest BCUT2D eigenvalue weighted by Crippen LogP contribution is -2.13. The summed E-state index contributed by atoms with van der Waals surface area (Å²) in [4.78, 5) is 25.0. The van der Waals surface area contributed by atoms with Crippen molar-refractivity contribution in [2.24, 2.45) is 0 Å². The maximum absolute atomic E-state index is 12.5. The molecule has 126 valence electrons. The van der Waals surface area contributed by atoms with Gasteiger partial charge in [-0.15, -0.1) is 0 Å². The van der Waals surface area contributed by atoms with Gasteiger partial charge < -0.3 is 5.32 Å². The topological polar surface area (TPSA) is 72.7 Å². The van der Waals surface area contributed by atoms with Crippen molar-refractivity contribution >= 4 is 11.7 Å². The van der Waals surface area contributed by atoms with Gasteiger partial charge in [0.2, 0.25) is 0 Å². The van der Waals surface area contributed by atoms with Crippen molar-refractivity contribution in [3.05, 3.63) is 91.3 Å². The van der Waals surface area contributed by atoms with Gasteiger partial charge in [0, 0.05) is 35.9 Å². The van der Waals surface area contributed by atoms with Gasteiger partial charge >= 0.3 is 0 Å². The van der Waals surface area contributed by atoms with E-state index in [4.69, 9.17) is 0 Å². The van der Waals surface area contributed by atoms with Crippen LogP contribution in [0, 0.1) is 0 Å². The zero-order chi connectivity index (χ0) is 17.8. The Morgan fingerprint density at radius 3 is 2.54 bits per heavy atom. The van der Waals surface area contributed by atoms with Gasteiger partial charge in [0.25, 0.3) is 5.91 Å². The SMILES string of the molecule is O=C(Nc1ccc(-c2ccccc2)cn1)c1ccnc(-n2ccnc2)c1. The lowest BCUT2D eigenvalue weighted by Gasteiger charge is -2.07. The number of benzene rings is 1. The predicted molar refractivity (Wildman–Crippen MR) is 99.0 cm³/mol. The van der Waals surface area contributed by atoms with Crippen LogP contribution in [0.25, 0.3) is 16.9 Å². The standard InChI is InChI=1S/C20H15N5O/c26-20(16-8-9-22-19(12-16)25-11-10-21-14-25)24-18-7-6-17(13-23-18)15-4-2-1-3-5-15/h1-14H,(H,23,24,26). The van der Waals surface area contributed by atoms with Gasteiger partial charge in [-0.05, 0) is 29.8 Å². The number of nitrogens with one attached hydrogen (secondary N) is 1. The van der Waals surface area contributed by atoms with E-state index in [0.29, 0.717) is 17.2 Å². The van der Waals surface area contributed by atoms with Crippen molar-refractivity contribution in [2.75, 3.05) is 5.32 Å². The van der Waals surface area contributed by atoms with Crippen LogP contribution >= 0.6 is 0 Å². The second-order valence-electron chi connectivity index (χ2n) is 5.62. The Hall–Kier alpha value is -3.80. The van der Waals surface area contributed by atoms with Crippen LogP contribution in [-0.2, 0) is 0 Å². The Balaban J connectivity index is 1.51. The molecule has 0 atom stereocenters. The van der Waals surface area contributed by atoms with E-state index in [1.165, 1.54) is 0 Å². The average Bonchev–Trinajstić information content (AvgIpc) is 3.24. The van der Waals surface area contributed by atoms with Gasteiger partial charge in [-0.3, -0.25) is 9.36 Å². The monoisotopic (exact) mass is 341 g/mol. The van der Waals surface area contributed by atoms with Gasteiger partial charge in [-0.25, -0.2) is 15.0 Å². The Bertz CT molecular complexity index is 1010. The van der Waals surface area contributed by atoms with E-state index in [9.17, 15) is 4.79 Å². The number of hydrogen-bond donors (Lipinski definition) is 1. The van der Waals surface area contributed by atoms with Crippen LogP contribution < -0.4 is 5.32 Å². The molecular weight excluding hydrogens is 326 g/mol. The number of aromatic nitrogens is 4. The first kappa shape index (κ1) is 15.7. The molecule has 3 aromatic heterocycles. The minimum absolute atomic E-state index is 0.242. The van der Waals surface area contributed by atoms with E-state index in [1.807, 2.05) is 36.4 Å². The highest BCUT2D eigenvalue weighted by Gasteiger charge is 2.09. The maximum Gasteiger partial charge on any atom is 0.257 e. The van der Waals surface area contributed by atoms with Gasteiger partial charge in [0.05, 0.1) is 0 Å². The highest BCUT2D eigenvalue weighted by molar-refractivity contribution is 6.04. The molecule has 0 bridgehead atoms. The fourth-order valence-corrected chi connectivity index (χ4v) is 2.55. The zero-order valence-electron chi connectivity index (χ0n) is 13.8. The summed E-state index contributed by atoms with van der Waals surface area (Å²) in [5.41, 5.74) is 2.57. The van der Waals surface area contributed by atoms with E-state index in [2.05, 4.69) is 20.3 Å². The molecule has 0 saturated heterocycles. The Labute approximate surface area is 150 Å². The Kier molecular flexibility index (Phi) is 4.22. The van der Waals surface area contributed by atoms with Gasteiger partial charge in [-0.1, -0.05) is 30.3 Å². The summed E-state index contributed by atoms with van der Waals surface area (Å²) < 4.78 is 1.74. The second-order valence-corrected chi connectivity index (χ2v) is 5.62. The molecule has 4 aromatic rings. The van der Waals surface area contributed by atoms with Gasteiger partial charge in [0.15, 0.2) is 0 Å². The van der Waals surface area contributed by atoms with Crippen LogP contribution in [0.5, 0.6) is 0 Å². The largest absolute Gasteiger partial charge is 0.307 e. The lowest BCUT2D eigenvalue weighted by atomic mass is 10.1. The Morgan fingerprint density at radius 2 is 1.81 bits per heavy atom. The molecule has 6 nitrogen and oxygen atoms in total. The maximum atomic E-state index is 12.5. The van der Waals surface area contributed by atoms with Crippen LogP contribution in [0.3, 0.4) is 0 Å². The highest BCUT2D eigenvalue weighted by atomic mass is 16.1. The third-order valence-electron chi connectivity index (χ3n) is 3.89. The summed E-state index contributed by atoms with van der Waals surface area (Å²) >= 11 is 0. The van der Waals surface area contributed by atoms with Crippen LogP contribution in [-0.4, -0.2) is 25.4 Å². The molecule has 1 aromatic carbocycles. The lowest BCUT2D eigenvalue weighted by molar-refractivity contribution is 0.102. The first-order valence-electron chi connectivity index (χ1n) is 8.07. The molecule has 1 amide bonds. The molecule has 0 saturated carbocycles. The van der Waals surface area contributed by atoms with E-state index >= 15 is 0 Å². The predicted octanol–water partition coefficient (Wildman–Crippen LogP) is 3.58. The number of carbonyl (C=O) groups is 1. The summed E-state index contributed by atoms with van der Waals surface area (Å²) in [6.07, 6.45) is 8.40. The number of anilines is 1. The molecule has 0 unspecified atom stereocenters. The molecule has 6 heteroatoms.